The predicted octanol–water partition coefficient (Wildman–Crippen LogP) is 3.88. The Hall–Kier alpha value is -1.35. The summed E-state index contributed by atoms with van der Waals surface area (Å²) in [6.07, 6.45) is 5.21. The number of rotatable bonds is 6. The van der Waals surface area contributed by atoms with Gasteiger partial charge in [-0.2, -0.15) is 0 Å². The first-order valence-electron chi connectivity index (χ1n) is 9.09. The molecule has 1 aromatic heterocycles. The molecule has 0 radical (unpaired) electrons. The van der Waals surface area contributed by atoms with Crippen LogP contribution in [0.5, 0.6) is 0 Å². The van der Waals surface area contributed by atoms with Gasteiger partial charge >= 0.3 is 0 Å². The molecule has 2 aromatic rings. The van der Waals surface area contributed by atoms with Gasteiger partial charge < -0.3 is 5.32 Å². The van der Waals surface area contributed by atoms with Gasteiger partial charge in [-0.3, -0.25) is 9.62 Å². The lowest BCUT2D eigenvalue weighted by molar-refractivity contribution is 0.209. The van der Waals surface area contributed by atoms with Crippen molar-refractivity contribution in [3.05, 3.63) is 34.8 Å². The molecule has 3 heterocycles. The van der Waals surface area contributed by atoms with E-state index in [9.17, 15) is 8.42 Å². The summed E-state index contributed by atoms with van der Waals surface area (Å²) in [4.78, 5) is 6.61. The molecule has 0 unspecified atom stereocenters. The van der Waals surface area contributed by atoms with Gasteiger partial charge in [-0.15, -0.1) is 11.3 Å². The molecule has 0 spiro atoms. The van der Waals surface area contributed by atoms with Crippen molar-refractivity contribution in [3.8, 4) is 0 Å². The molecule has 27 heavy (non-hydrogen) atoms. The highest BCUT2D eigenvalue weighted by molar-refractivity contribution is 7.93. The topological polar surface area (TPSA) is 74.3 Å². The zero-order valence-electron chi connectivity index (χ0n) is 15.1. The SMILES string of the molecule is C[C@@H]1CN2CCC[C@]2(CNc2ccc(S(=O)(=O)Nc3nccs3)c(Cl)c2)C1. The minimum atomic E-state index is -3.75. The number of halogens is 1. The second-order valence-electron chi connectivity index (χ2n) is 7.52. The highest BCUT2D eigenvalue weighted by Crippen LogP contribution is 2.41. The summed E-state index contributed by atoms with van der Waals surface area (Å²) < 4.78 is 27.5. The lowest BCUT2D eigenvalue weighted by Crippen LogP contribution is -2.44. The van der Waals surface area contributed by atoms with Gasteiger partial charge in [0, 0.05) is 35.9 Å². The van der Waals surface area contributed by atoms with Crippen molar-refractivity contribution in [3.63, 3.8) is 0 Å². The highest BCUT2D eigenvalue weighted by Gasteiger charge is 2.46. The Labute approximate surface area is 169 Å². The van der Waals surface area contributed by atoms with E-state index in [-0.39, 0.29) is 15.5 Å². The van der Waals surface area contributed by atoms with E-state index in [4.69, 9.17) is 11.6 Å². The van der Waals surface area contributed by atoms with Crippen molar-refractivity contribution in [2.24, 2.45) is 5.92 Å². The van der Waals surface area contributed by atoms with Gasteiger partial charge in [0.1, 0.15) is 4.90 Å². The molecule has 0 aliphatic carbocycles. The maximum absolute atomic E-state index is 12.5. The third-order valence-electron chi connectivity index (χ3n) is 5.50. The third-order valence-corrected chi connectivity index (χ3v) is 8.14. The lowest BCUT2D eigenvalue weighted by atomic mass is 9.90. The summed E-state index contributed by atoms with van der Waals surface area (Å²) >= 11 is 7.52. The molecule has 9 heteroatoms. The summed E-state index contributed by atoms with van der Waals surface area (Å²) in [5.41, 5.74) is 1.07. The second kappa shape index (κ2) is 7.24. The third kappa shape index (κ3) is 3.81. The van der Waals surface area contributed by atoms with Crippen molar-refractivity contribution < 1.29 is 8.42 Å². The van der Waals surface area contributed by atoms with Crippen molar-refractivity contribution in [1.82, 2.24) is 9.88 Å². The van der Waals surface area contributed by atoms with Crippen LogP contribution in [-0.2, 0) is 10.0 Å². The molecule has 1 aromatic carbocycles. The van der Waals surface area contributed by atoms with Crippen LogP contribution in [0.25, 0.3) is 0 Å². The van der Waals surface area contributed by atoms with Crippen LogP contribution in [0.3, 0.4) is 0 Å². The molecule has 6 nitrogen and oxygen atoms in total. The molecule has 2 fully saturated rings. The number of nitrogens with one attached hydrogen (secondary N) is 2. The molecule has 2 atom stereocenters. The minimum absolute atomic E-state index is 0.0556. The molecule has 2 aliphatic heterocycles. The number of benzene rings is 1. The molecule has 146 valence electrons. The zero-order valence-corrected chi connectivity index (χ0v) is 17.5. The number of sulfonamides is 1. The van der Waals surface area contributed by atoms with E-state index in [1.807, 2.05) is 0 Å². The fraction of sp³-hybridized carbons (Fsp3) is 0.500. The van der Waals surface area contributed by atoms with Crippen LogP contribution in [0.4, 0.5) is 10.8 Å². The Morgan fingerprint density at radius 2 is 2.30 bits per heavy atom. The first-order chi connectivity index (χ1) is 12.9. The molecule has 2 saturated heterocycles. The van der Waals surface area contributed by atoms with E-state index in [0.717, 1.165) is 18.2 Å². The van der Waals surface area contributed by atoms with Crippen LogP contribution in [0.2, 0.25) is 5.02 Å². The number of hydrogen-bond donors (Lipinski definition) is 2. The predicted molar refractivity (Wildman–Crippen MR) is 110 cm³/mol. The molecule has 2 N–H and O–H groups in total. The molecular formula is C18H23ClN4O2S2. The molecule has 0 amide bonds. The number of thiazole rings is 1. The van der Waals surface area contributed by atoms with Crippen molar-refractivity contribution in [1.29, 1.82) is 0 Å². The average Bonchev–Trinajstić information content (AvgIpc) is 3.28. The molecule has 0 bridgehead atoms. The van der Waals surface area contributed by atoms with E-state index in [1.165, 1.54) is 43.7 Å². The number of nitrogens with zero attached hydrogens (tertiary/aromatic N) is 2. The van der Waals surface area contributed by atoms with Crippen LogP contribution in [0, 0.1) is 5.92 Å². The Kier molecular flexibility index (Phi) is 5.09. The maximum atomic E-state index is 12.5. The fourth-order valence-electron chi connectivity index (χ4n) is 4.41. The van der Waals surface area contributed by atoms with Crippen LogP contribution >= 0.6 is 22.9 Å². The van der Waals surface area contributed by atoms with Gasteiger partial charge in [-0.25, -0.2) is 13.4 Å². The normalized spacial score (nSPS) is 25.5. The van der Waals surface area contributed by atoms with Gasteiger partial charge in [0.05, 0.1) is 5.02 Å². The van der Waals surface area contributed by atoms with E-state index in [2.05, 4.69) is 26.8 Å². The van der Waals surface area contributed by atoms with Crippen LogP contribution in [0.15, 0.2) is 34.7 Å². The standard InChI is InChI=1S/C18H23ClN4O2S2/c1-13-10-18(5-2-7-23(18)11-13)12-21-14-3-4-16(15(19)9-14)27(24,25)22-17-20-6-8-26-17/h3-4,6,8-9,13,21H,2,5,7,10-12H2,1H3,(H,20,22)/t13-,18+/m0/s1. The Balaban J connectivity index is 1.47. The Morgan fingerprint density at radius 3 is 3.04 bits per heavy atom. The monoisotopic (exact) mass is 426 g/mol. The number of aromatic nitrogens is 1. The minimum Gasteiger partial charge on any atom is -0.383 e. The van der Waals surface area contributed by atoms with Crippen molar-refractivity contribution >= 4 is 43.8 Å². The van der Waals surface area contributed by atoms with Gasteiger partial charge in [0.2, 0.25) is 0 Å². The smallest absolute Gasteiger partial charge is 0.265 e. The van der Waals surface area contributed by atoms with E-state index in [1.54, 1.807) is 29.8 Å². The molecule has 0 saturated carbocycles. The number of fused-ring (bicyclic) bond motifs is 1. The van der Waals surface area contributed by atoms with Crippen molar-refractivity contribution in [2.45, 2.75) is 36.6 Å². The van der Waals surface area contributed by atoms with Gasteiger partial charge in [0.15, 0.2) is 5.13 Å². The first-order valence-corrected chi connectivity index (χ1v) is 11.8. The van der Waals surface area contributed by atoms with Crippen LogP contribution < -0.4 is 10.0 Å². The zero-order chi connectivity index (χ0) is 19.1. The largest absolute Gasteiger partial charge is 0.383 e. The average molecular weight is 427 g/mol. The molecule has 4 rings (SSSR count). The van der Waals surface area contributed by atoms with Gasteiger partial charge in [0.25, 0.3) is 10.0 Å². The second-order valence-corrected chi connectivity index (χ2v) is 10.5. The summed E-state index contributed by atoms with van der Waals surface area (Å²) in [6.45, 7) is 5.51. The number of anilines is 2. The lowest BCUT2D eigenvalue weighted by Gasteiger charge is -2.32. The van der Waals surface area contributed by atoms with E-state index < -0.39 is 10.0 Å². The van der Waals surface area contributed by atoms with Crippen molar-refractivity contribution in [2.75, 3.05) is 29.7 Å². The quantitative estimate of drug-likeness (QED) is 0.733. The van der Waals surface area contributed by atoms with E-state index >= 15 is 0 Å². The maximum Gasteiger partial charge on any atom is 0.265 e. The Bertz CT molecular complexity index is 919. The molecule has 2 aliphatic rings. The van der Waals surface area contributed by atoms with Gasteiger partial charge in [-0.1, -0.05) is 18.5 Å². The summed E-state index contributed by atoms with van der Waals surface area (Å²) in [5.74, 6) is 0.722. The van der Waals surface area contributed by atoms with E-state index in [0.29, 0.717) is 5.13 Å². The summed E-state index contributed by atoms with van der Waals surface area (Å²) in [7, 11) is -3.75. The summed E-state index contributed by atoms with van der Waals surface area (Å²) in [5, 5.41) is 5.72. The molecular weight excluding hydrogens is 404 g/mol. The number of hydrogen-bond acceptors (Lipinski definition) is 6. The highest BCUT2D eigenvalue weighted by atomic mass is 35.5. The van der Waals surface area contributed by atoms with Gasteiger partial charge in [-0.05, 0) is 49.9 Å². The summed E-state index contributed by atoms with van der Waals surface area (Å²) in [6, 6.07) is 5.00. The Morgan fingerprint density at radius 1 is 1.44 bits per heavy atom. The fourth-order valence-corrected chi connectivity index (χ4v) is 6.75. The van der Waals surface area contributed by atoms with Crippen LogP contribution in [-0.4, -0.2) is 43.5 Å². The first kappa shape index (κ1) is 19.0. The van der Waals surface area contributed by atoms with Crippen LogP contribution in [0.1, 0.15) is 26.2 Å².